The van der Waals surface area contributed by atoms with E-state index in [4.69, 9.17) is 0 Å². The third-order valence-electron chi connectivity index (χ3n) is 3.88. The van der Waals surface area contributed by atoms with Gasteiger partial charge in [-0.15, -0.1) is 0 Å². The molecule has 0 aromatic carbocycles. The van der Waals surface area contributed by atoms with Crippen molar-refractivity contribution < 1.29 is 9.59 Å². The van der Waals surface area contributed by atoms with Crippen molar-refractivity contribution in [3.8, 4) is 0 Å². The van der Waals surface area contributed by atoms with Gasteiger partial charge in [0.1, 0.15) is 12.1 Å². The first-order valence-corrected chi connectivity index (χ1v) is 6.63. The summed E-state index contributed by atoms with van der Waals surface area (Å²) in [6, 6.07) is -0.429. The van der Waals surface area contributed by atoms with Crippen LogP contribution in [0, 0.1) is 5.92 Å². The molecule has 96 valence electrons. The number of rotatable bonds is 3. The first-order valence-electron chi connectivity index (χ1n) is 6.63. The maximum Gasteiger partial charge on any atom is 0.246 e. The normalized spacial score (nSPS) is 29.2. The Hall–Kier alpha value is -1.06. The van der Waals surface area contributed by atoms with Crippen LogP contribution in [0.4, 0.5) is 0 Å². The third-order valence-corrected chi connectivity index (χ3v) is 3.88. The molecular formula is C13H22N2O2. The Kier molecular flexibility index (Phi) is 3.40. The zero-order valence-corrected chi connectivity index (χ0v) is 11.0. The molecule has 17 heavy (non-hydrogen) atoms. The molecule has 2 heterocycles. The fourth-order valence-electron chi connectivity index (χ4n) is 2.74. The molecule has 2 aliphatic heterocycles. The lowest BCUT2D eigenvalue weighted by Crippen LogP contribution is -2.61. The highest BCUT2D eigenvalue weighted by molar-refractivity contribution is 5.97. The van der Waals surface area contributed by atoms with Crippen LogP contribution in [-0.2, 0) is 9.59 Å². The molecule has 0 aromatic heterocycles. The van der Waals surface area contributed by atoms with E-state index in [2.05, 4.69) is 13.8 Å². The van der Waals surface area contributed by atoms with Crippen molar-refractivity contribution in [1.82, 2.24) is 9.80 Å². The molecule has 2 fully saturated rings. The van der Waals surface area contributed by atoms with Gasteiger partial charge in [0.2, 0.25) is 11.8 Å². The van der Waals surface area contributed by atoms with E-state index < -0.39 is 0 Å². The van der Waals surface area contributed by atoms with Crippen LogP contribution >= 0.6 is 0 Å². The van der Waals surface area contributed by atoms with E-state index in [9.17, 15) is 9.59 Å². The quantitative estimate of drug-likeness (QED) is 0.742. The number of hydrogen-bond acceptors (Lipinski definition) is 2. The summed E-state index contributed by atoms with van der Waals surface area (Å²) in [6.45, 7) is 7.62. The average molecular weight is 238 g/mol. The van der Waals surface area contributed by atoms with Gasteiger partial charge in [0.15, 0.2) is 0 Å². The number of piperazine rings is 1. The number of carbonyl (C=O) groups is 2. The molecule has 0 spiro atoms. The molecule has 0 saturated carbocycles. The topological polar surface area (TPSA) is 40.6 Å². The Morgan fingerprint density at radius 3 is 2.65 bits per heavy atom. The van der Waals surface area contributed by atoms with Crippen LogP contribution < -0.4 is 0 Å². The van der Waals surface area contributed by atoms with Gasteiger partial charge in [-0.3, -0.25) is 9.59 Å². The first-order chi connectivity index (χ1) is 8.02. The van der Waals surface area contributed by atoms with Crippen LogP contribution in [0.3, 0.4) is 0 Å². The molecule has 0 bridgehead atoms. The van der Waals surface area contributed by atoms with Gasteiger partial charge in [-0.25, -0.2) is 0 Å². The maximum atomic E-state index is 12.3. The second-order valence-electron chi connectivity index (χ2n) is 5.58. The maximum absolute atomic E-state index is 12.3. The van der Waals surface area contributed by atoms with E-state index in [1.54, 1.807) is 9.80 Å². The molecule has 2 amide bonds. The van der Waals surface area contributed by atoms with Crippen molar-refractivity contribution in [2.75, 3.05) is 13.1 Å². The molecule has 2 saturated heterocycles. The van der Waals surface area contributed by atoms with Crippen LogP contribution in [0.1, 0.15) is 40.0 Å². The van der Waals surface area contributed by atoms with Gasteiger partial charge in [0, 0.05) is 13.1 Å². The second-order valence-corrected chi connectivity index (χ2v) is 5.58. The van der Waals surface area contributed by atoms with E-state index in [0.717, 1.165) is 25.8 Å². The zero-order valence-electron chi connectivity index (χ0n) is 11.0. The lowest BCUT2D eigenvalue weighted by Gasteiger charge is -2.41. The highest BCUT2D eigenvalue weighted by Gasteiger charge is 2.45. The van der Waals surface area contributed by atoms with E-state index in [-0.39, 0.29) is 23.9 Å². The summed E-state index contributed by atoms with van der Waals surface area (Å²) >= 11 is 0. The molecule has 2 rings (SSSR count). The predicted octanol–water partition coefficient (Wildman–Crippen LogP) is 1.25. The monoisotopic (exact) mass is 238 g/mol. The fourth-order valence-corrected chi connectivity index (χ4v) is 2.74. The van der Waals surface area contributed by atoms with Crippen molar-refractivity contribution in [3.63, 3.8) is 0 Å². The van der Waals surface area contributed by atoms with Gasteiger partial charge in [0.25, 0.3) is 0 Å². The number of amides is 2. The van der Waals surface area contributed by atoms with Crippen LogP contribution in [0.2, 0.25) is 0 Å². The number of fused-ring (bicyclic) bond motifs is 1. The Labute approximate surface area is 103 Å². The molecule has 0 aliphatic carbocycles. The summed E-state index contributed by atoms with van der Waals surface area (Å²) in [5, 5.41) is 0. The van der Waals surface area contributed by atoms with Gasteiger partial charge in [-0.1, -0.05) is 13.8 Å². The number of carbonyl (C=O) groups excluding carboxylic acids is 2. The molecule has 4 nitrogen and oxygen atoms in total. The smallest absolute Gasteiger partial charge is 0.246 e. The predicted molar refractivity (Wildman–Crippen MR) is 65.4 cm³/mol. The molecule has 2 atom stereocenters. The van der Waals surface area contributed by atoms with Crippen molar-refractivity contribution in [1.29, 1.82) is 0 Å². The minimum atomic E-state index is -0.268. The van der Waals surface area contributed by atoms with E-state index >= 15 is 0 Å². The molecular weight excluding hydrogens is 216 g/mol. The fraction of sp³-hybridized carbons (Fsp3) is 0.846. The van der Waals surface area contributed by atoms with Gasteiger partial charge >= 0.3 is 0 Å². The van der Waals surface area contributed by atoms with Crippen LogP contribution in [0.25, 0.3) is 0 Å². The number of hydrogen-bond donors (Lipinski definition) is 0. The van der Waals surface area contributed by atoms with Crippen molar-refractivity contribution >= 4 is 11.8 Å². The highest BCUT2D eigenvalue weighted by atomic mass is 16.2. The molecule has 2 aliphatic rings. The van der Waals surface area contributed by atoms with E-state index in [0.29, 0.717) is 12.5 Å². The van der Waals surface area contributed by atoms with Crippen LogP contribution in [0.15, 0.2) is 0 Å². The lowest BCUT2D eigenvalue weighted by atomic mass is 10.0. The SMILES string of the molecule is CC(C)CCN1C(=O)C2CCCN2C(=O)C1C. The molecule has 4 heteroatoms. The minimum absolute atomic E-state index is 0.135. The lowest BCUT2D eigenvalue weighted by molar-refractivity contribution is -0.158. The van der Waals surface area contributed by atoms with Gasteiger partial charge < -0.3 is 9.80 Å². The second kappa shape index (κ2) is 4.67. The average Bonchev–Trinajstić information content (AvgIpc) is 2.75. The Morgan fingerprint density at radius 1 is 1.29 bits per heavy atom. The van der Waals surface area contributed by atoms with Gasteiger partial charge in [-0.2, -0.15) is 0 Å². The zero-order chi connectivity index (χ0) is 12.6. The standard InChI is InChI=1S/C13H22N2O2/c1-9(2)6-8-14-10(3)12(16)15-7-4-5-11(15)13(14)17/h9-11H,4-8H2,1-3H3. The molecule has 0 N–H and O–H groups in total. The van der Waals surface area contributed by atoms with Gasteiger partial charge in [0.05, 0.1) is 0 Å². The van der Waals surface area contributed by atoms with E-state index in [1.165, 1.54) is 0 Å². The number of nitrogens with zero attached hydrogens (tertiary/aromatic N) is 2. The van der Waals surface area contributed by atoms with Crippen molar-refractivity contribution in [3.05, 3.63) is 0 Å². The molecule has 0 aromatic rings. The Morgan fingerprint density at radius 2 is 2.00 bits per heavy atom. The summed E-state index contributed by atoms with van der Waals surface area (Å²) in [5.41, 5.74) is 0. The van der Waals surface area contributed by atoms with Gasteiger partial charge in [-0.05, 0) is 32.1 Å². The molecule has 2 unspecified atom stereocenters. The van der Waals surface area contributed by atoms with Crippen molar-refractivity contribution in [2.45, 2.75) is 52.1 Å². The highest BCUT2D eigenvalue weighted by Crippen LogP contribution is 2.27. The summed E-state index contributed by atoms with van der Waals surface area (Å²) in [4.78, 5) is 28.0. The molecule has 0 radical (unpaired) electrons. The Bertz CT molecular complexity index is 327. The third kappa shape index (κ3) is 2.17. The minimum Gasteiger partial charge on any atom is -0.329 e. The summed E-state index contributed by atoms with van der Waals surface area (Å²) in [5.74, 6) is 0.859. The Balaban J connectivity index is 2.10. The first kappa shape index (κ1) is 12.4. The summed E-state index contributed by atoms with van der Waals surface area (Å²) < 4.78 is 0. The largest absolute Gasteiger partial charge is 0.329 e. The summed E-state index contributed by atoms with van der Waals surface area (Å²) in [7, 11) is 0. The van der Waals surface area contributed by atoms with Crippen LogP contribution in [0.5, 0.6) is 0 Å². The van der Waals surface area contributed by atoms with Crippen LogP contribution in [-0.4, -0.2) is 46.8 Å². The van der Waals surface area contributed by atoms with E-state index in [1.807, 2.05) is 6.92 Å². The summed E-state index contributed by atoms with van der Waals surface area (Å²) in [6.07, 6.45) is 2.78. The van der Waals surface area contributed by atoms with Crippen molar-refractivity contribution in [2.24, 2.45) is 5.92 Å².